The van der Waals surface area contributed by atoms with E-state index in [0.717, 1.165) is 16.7 Å². The minimum Gasteiger partial charge on any atom is -0.497 e. The summed E-state index contributed by atoms with van der Waals surface area (Å²) in [5, 5.41) is 5.51. The Bertz CT molecular complexity index is 833. The van der Waals surface area contributed by atoms with Gasteiger partial charge >= 0.3 is 0 Å². The number of methoxy groups -OCH3 is 2. The van der Waals surface area contributed by atoms with Crippen LogP contribution in [-0.2, 0) is 4.79 Å². The molecule has 0 fully saturated rings. The van der Waals surface area contributed by atoms with Crippen molar-refractivity contribution in [2.45, 2.75) is 26.8 Å². The van der Waals surface area contributed by atoms with E-state index in [4.69, 9.17) is 9.47 Å². The number of nitrogens with one attached hydrogen (secondary N) is 2. The van der Waals surface area contributed by atoms with E-state index in [9.17, 15) is 9.59 Å². The van der Waals surface area contributed by atoms with Gasteiger partial charge in [-0.1, -0.05) is 6.07 Å². The van der Waals surface area contributed by atoms with Crippen molar-refractivity contribution in [1.29, 1.82) is 0 Å². The zero-order valence-electron chi connectivity index (χ0n) is 16.4. The standard InChI is InChI=1S/C21H26N2O4/c1-13-6-7-16(10-14(13)2)21(25)22-12-20(24)23-15(3)18-9-8-17(26-4)11-19(18)27-5/h6-11,15H,12H2,1-5H3,(H,22,25)(H,23,24). The SMILES string of the molecule is COc1ccc(C(C)NC(=O)CNC(=O)c2ccc(C)c(C)c2)c(OC)c1. The maximum absolute atomic E-state index is 12.2. The fraction of sp³-hybridized carbons (Fsp3) is 0.333. The lowest BCUT2D eigenvalue weighted by Crippen LogP contribution is -2.38. The summed E-state index contributed by atoms with van der Waals surface area (Å²) in [6.45, 7) is 5.68. The fourth-order valence-corrected chi connectivity index (χ4v) is 2.69. The Kier molecular flexibility index (Phi) is 6.82. The van der Waals surface area contributed by atoms with E-state index >= 15 is 0 Å². The molecule has 2 N–H and O–H groups in total. The molecule has 144 valence electrons. The van der Waals surface area contributed by atoms with Gasteiger partial charge in [0.05, 0.1) is 26.8 Å². The van der Waals surface area contributed by atoms with Crippen LogP contribution in [0.4, 0.5) is 0 Å². The van der Waals surface area contributed by atoms with Crippen molar-refractivity contribution in [1.82, 2.24) is 10.6 Å². The maximum Gasteiger partial charge on any atom is 0.251 e. The molecule has 0 aliphatic rings. The number of carbonyl (C=O) groups is 2. The van der Waals surface area contributed by atoms with Gasteiger partial charge in [-0.2, -0.15) is 0 Å². The van der Waals surface area contributed by atoms with Crippen LogP contribution in [0.5, 0.6) is 11.5 Å². The Morgan fingerprint density at radius 1 is 1.00 bits per heavy atom. The van der Waals surface area contributed by atoms with Crippen LogP contribution in [0.3, 0.4) is 0 Å². The molecular weight excluding hydrogens is 344 g/mol. The molecule has 0 radical (unpaired) electrons. The van der Waals surface area contributed by atoms with Crippen LogP contribution in [0.2, 0.25) is 0 Å². The number of rotatable bonds is 7. The highest BCUT2D eigenvalue weighted by molar-refractivity contribution is 5.96. The van der Waals surface area contributed by atoms with E-state index in [1.165, 1.54) is 0 Å². The second-order valence-electron chi connectivity index (χ2n) is 6.38. The summed E-state index contributed by atoms with van der Waals surface area (Å²) in [6, 6.07) is 10.6. The summed E-state index contributed by atoms with van der Waals surface area (Å²) >= 11 is 0. The Morgan fingerprint density at radius 3 is 2.37 bits per heavy atom. The summed E-state index contributed by atoms with van der Waals surface area (Å²) in [5.41, 5.74) is 3.52. The minimum atomic E-state index is -0.281. The van der Waals surface area contributed by atoms with Crippen molar-refractivity contribution >= 4 is 11.8 Å². The minimum absolute atomic E-state index is 0.103. The summed E-state index contributed by atoms with van der Waals surface area (Å²) in [7, 11) is 3.15. The Labute approximate surface area is 159 Å². The molecule has 27 heavy (non-hydrogen) atoms. The topological polar surface area (TPSA) is 76.7 Å². The first-order valence-electron chi connectivity index (χ1n) is 8.72. The van der Waals surface area contributed by atoms with E-state index in [1.54, 1.807) is 26.4 Å². The van der Waals surface area contributed by atoms with Crippen molar-refractivity contribution in [2.24, 2.45) is 0 Å². The third kappa shape index (κ3) is 5.23. The number of hydrogen-bond acceptors (Lipinski definition) is 4. The second kappa shape index (κ2) is 9.07. The third-order valence-corrected chi connectivity index (χ3v) is 4.46. The molecule has 0 aliphatic carbocycles. The second-order valence-corrected chi connectivity index (χ2v) is 6.38. The molecule has 6 nitrogen and oxygen atoms in total. The molecule has 0 heterocycles. The Hall–Kier alpha value is -3.02. The van der Waals surface area contributed by atoms with Crippen molar-refractivity contribution in [3.05, 3.63) is 58.7 Å². The molecule has 2 amide bonds. The molecule has 0 saturated carbocycles. The molecule has 0 bridgehead atoms. The van der Waals surface area contributed by atoms with Gasteiger partial charge in [0.2, 0.25) is 5.91 Å². The highest BCUT2D eigenvalue weighted by Crippen LogP contribution is 2.29. The van der Waals surface area contributed by atoms with Crippen LogP contribution in [0.15, 0.2) is 36.4 Å². The van der Waals surface area contributed by atoms with Crippen LogP contribution < -0.4 is 20.1 Å². The van der Waals surface area contributed by atoms with E-state index in [-0.39, 0.29) is 24.4 Å². The number of carbonyl (C=O) groups excluding carboxylic acids is 2. The van der Waals surface area contributed by atoms with E-state index in [1.807, 2.05) is 45.0 Å². The zero-order valence-corrected chi connectivity index (χ0v) is 16.4. The van der Waals surface area contributed by atoms with Gasteiger partial charge < -0.3 is 20.1 Å². The van der Waals surface area contributed by atoms with E-state index < -0.39 is 0 Å². The average molecular weight is 370 g/mol. The van der Waals surface area contributed by atoms with Gasteiger partial charge in [-0.15, -0.1) is 0 Å². The van der Waals surface area contributed by atoms with Gasteiger partial charge in [0.15, 0.2) is 0 Å². The first-order valence-corrected chi connectivity index (χ1v) is 8.72. The monoisotopic (exact) mass is 370 g/mol. The first kappa shape index (κ1) is 20.3. The van der Waals surface area contributed by atoms with Gasteiger partial charge in [0.25, 0.3) is 5.91 Å². The molecule has 1 atom stereocenters. The molecule has 0 aliphatic heterocycles. The van der Waals surface area contributed by atoms with Gasteiger partial charge in [0.1, 0.15) is 11.5 Å². The Morgan fingerprint density at radius 2 is 1.74 bits per heavy atom. The number of hydrogen-bond donors (Lipinski definition) is 2. The zero-order chi connectivity index (χ0) is 20.0. The van der Waals surface area contributed by atoms with E-state index in [2.05, 4.69) is 10.6 Å². The lowest BCUT2D eigenvalue weighted by molar-refractivity contribution is -0.120. The largest absolute Gasteiger partial charge is 0.497 e. The smallest absolute Gasteiger partial charge is 0.251 e. The molecule has 6 heteroatoms. The van der Waals surface area contributed by atoms with Crippen molar-refractivity contribution in [2.75, 3.05) is 20.8 Å². The van der Waals surface area contributed by atoms with Crippen LogP contribution >= 0.6 is 0 Å². The molecular formula is C21H26N2O4. The molecule has 2 aromatic rings. The molecule has 1 unspecified atom stereocenters. The van der Waals surface area contributed by atoms with Gasteiger partial charge in [-0.3, -0.25) is 9.59 Å². The van der Waals surface area contributed by atoms with E-state index in [0.29, 0.717) is 17.1 Å². The van der Waals surface area contributed by atoms with Crippen LogP contribution in [0, 0.1) is 13.8 Å². The molecule has 2 rings (SSSR count). The molecule has 0 spiro atoms. The highest BCUT2D eigenvalue weighted by Gasteiger charge is 2.16. The number of amides is 2. The number of aryl methyl sites for hydroxylation is 2. The Balaban J connectivity index is 1.95. The van der Waals surface area contributed by atoms with Crippen LogP contribution in [0.1, 0.15) is 40.0 Å². The predicted octanol–water partition coefficient (Wildman–Crippen LogP) is 2.93. The van der Waals surface area contributed by atoms with Crippen molar-refractivity contribution in [3.63, 3.8) is 0 Å². The number of benzene rings is 2. The van der Waals surface area contributed by atoms with Crippen LogP contribution in [0.25, 0.3) is 0 Å². The van der Waals surface area contributed by atoms with Crippen molar-refractivity contribution in [3.8, 4) is 11.5 Å². The van der Waals surface area contributed by atoms with Gasteiger partial charge in [-0.25, -0.2) is 0 Å². The molecule has 2 aromatic carbocycles. The lowest BCUT2D eigenvalue weighted by atomic mass is 10.1. The summed E-state index contributed by atoms with van der Waals surface area (Å²) in [6.07, 6.45) is 0. The quantitative estimate of drug-likeness (QED) is 0.786. The summed E-state index contributed by atoms with van der Waals surface area (Å²) in [5.74, 6) is 0.747. The average Bonchev–Trinajstić information content (AvgIpc) is 2.67. The first-order chi connectivity index (χ1) is 12.8. The predicted molar refractivity (Wildman–Crippen MR) is 104 cm³/mol. The summed E-state index contributed by atoms with van der Waals surface area (Å²) < 4.78 is 10.5. The van der Waals surface area contributed by atoms with Gasteiger partial charge in [-0.05, 0) is 56.2 Å². The normalized spacial score (nSPS) is 11.4. The lowest BCUT2D eigenvalue weighted by Gasteiger charge is -2.18. The highest BCUT2D eigenvalue weighted by atomic mass is 16.5. The number of ether oxygens (including phenoxy) is 2. The fourth-order valence-electron chi connectivity index (χ4n) is 2.69. The van der Waals surface area contributed by atoms with Crippen LogP contribution in [-0.4, -0.2) is 32.6 Å². The van der Waals surface area contributed by atoms with Crippen molar-refractivity contribution < 1.29 is 19.1 Å². The third-order valence-electron chi connectivity index (χ3n) is 4.46. The summed E-state index contributed by atoms with van der Waals surface area (Å²) in [4.78, 5) is 24.4. The molecule has 0 saturated heterocycles. The maximum atomic E-state index is 12.2. The van der Waals surface area contributed by atoms with Gasteiger partial charge in [0, 0.05) is 17.2 Å². The molecule has 0 aromatic heterocycles.